The molecule has 0 saturated carbocycles. The number of rotatable bonds is 6. The third-order valence-electron chi connectivity index (χ3n) is 4.73. The van der Waals surface area contributed by atoms with Gasteiger partial charge >= 0.3 is 5.97 Å². The van der Waals surface area contributed by atoms with Gasteiger partial charge in [-0.05, 0) is 24.7 Å². The first kappa shape index (κ1) is 17.6. The third kappa shape index (κ3) is 5.15. The molecule has 1 aliphatic heterocycles. The monoisotopic (exact) mass is 338 g/mol. The SMILES string of the molecule is CN1CCN(CCC(OC(=O)c2ccccc2)c2ccccc2)CC1. The van der Waals surface area contributed by atoms with Crippen molar-refractivity contribution >= 4 is 5.97 Å². The molecule has 1 aliphatic rings. The van der Waals surface area contributed by atoms with Gasteiger partial charge in [-0.1, -0.05) is 48.5 Å². The number of ether oxygens (including phenoxy) is 1. The number of hydrogen-bond donors (Lipinski definition) is 0. The van der Waals surface area contributed by atoms with Crippen molar-refractivity contribution in [2.24, 2.45) is 0 Å². The van der Waals surface area contributed by atoms with E-state index in [1.54, 1.807) is 12.1 Å². The van der Waals surface area contributed by atoms with Crippen molar-refractivity contribution in [1.82, 2.24) is 9.80 Å². The third-order valence-corrected chi connectivity index (χ3v) is 4.73. The Morgan fingerprint density at radius 1 is 0.960 bits per heavy atom. The van der Waals surface area contributed by atoms with Gasteiger partial charge in [-0.2, -0.15) is 0 Å². The van der Waals surface area contributed by atoms with E-state index in [1.165, 1.54) is 0 Å². The average Bonchev–Trinajstić information content (AvgIpc) is 2.67. The van der Waals surface area contributed by atoms with Crippen molar-refractivity contribution in [1.29, 1.82) is 0 Å². The molecule has 0 spiro atoms. The topological polar surface area (TPSA) is 32.8 Å². The lowest BCUT2D eigenvalue weighted by molar-refractivity contribution is 0.0237. The molecule has 1 unspecified atom stereocenters. The Hall–Kier alpha value is -2.17. The van der Waals surface area contributed by atoms with Crippen LogP contribution in [0.1, 0.15) is 28.4 Å². The fraction of sp³-hybridized carbons (Fsp3) is 0.381. The van der Waals surface area contributed by atoms with Crippen LogP contribution < -0.4 is 0 Å². The second-order valence-electron chi connectivity index (χ2n) is 6.60. The number of nitrogens with zero attached hydrogens (tertiary/aromatic N) is 2. The second kappa shape index (κ2) is 8.79. The fourth-order valence-electron chi connectivity index (χ4n) is 3.10. The highest BCUT2D eigenvalue weighted by molar-refractivity contribution is 5.89. The average molecular weight is 338 g/mol. The summed E-state index contributed by atoms with van der Waals surface area (Å²) in [5.41, 5.74) is 1.66. The Labute approximate surface area is 150 Å². The summed E-state index contributed by atoms with van der Waals surface area (Å²) in [6.07, 6.45) is 0.598. The van der Waals surface area contributed by atoms with Gasteiger partial charge in [-0.15, -0.1) is 0 Å². The lowest BCUT2D eigenvalue weighted by Gasteiger charge is -2.33. The van der Waals surface area contributed by atoms with E-state index in [4.69, 9.17) is 4.74 Å². The van der Waals surface area contributed by atoms with Crippen molar-refractivity contribution in [2.75, 3.05) is 39.8 Å². The van der Waals surface area contributed by atoms with Crippen LogP contribution in [-0.4, -0.2) is 55.5 Å². The van der Waals surface area contributed by atoms with Gasteiger partial charge < -0.3 is 14.5 Å². The molecule has 132 valence electrons. The van der Waals surface area contributed by atoms with Gasteiger partial charge in [-0.3, -0.25) is 0 Å². The van der Waals surface area contributed by atoms with E-state index in [0.717, 1.165) is 44.7 Å². The lowest BCUT2D eigenvalue weighted by Crippen LogP contribution is -2.45. The number of piperazine rings is 1. The highest BCUT2D eigenvalue weighted by Gasteiger charge is 2.20. The molecule has 0 N–H and O–H groups in total. The standard InChI is InChI=1S/C21H26N2O2/c1-22-14-16-23(17-15-22)13-12-20(18-8-4-2-5-9-18)25-21(24)19-10-6-3-7-11-19/h2-11,20H,12-17H2,1H3. The highest BCUT2D eigenvalue weighted by Crippen LogP contribution is 2.23. The minimum Gasteiger partial charge on any atom is -0.454 e. The molecule has 3 rings (SSSR count). The number of carbonyl (C=O) groups excluding carboxylic acids is 1. The summed E-state index contributed by atoms with van der Waals surface area (Å²) in [6.45, 7) is 5.28. The maximum atomic E-state index is 12.5. The van der Waals surface area contributed by atoms with E-state index in [1.807, 2.05) is 48.5 Å². The number of benzene rings is 2. The van der Waals surface area contributed by atoms with Gasteiger partial charge in [0, 0.05) is 39.1 Å². The Morgan fingerprint density at radius 3 is 2.20 bits per heavy atom. The van der Waals surface area contributed by atoms with Crippen LogP contribution in [0.5, 0.6) is 0 Å². The Bertz CT molecular complexity index is 652. The maximum Gasteiger partial charge on any atom is 0.338 e. The van der Waals surface area contributed by atoms with Crippen molar-refractivity contribution in [3.8, 4) is 0 Å². The molecule has 4 nitrogen and oxygen atoms in total. The summed E-state index contributed by atoms with van der Waals surface area (Å²) in [5.74, 6) is -0.257. The van der Waals surface area contributed by atoms with E-state index in [0.29, 0.717) is 5.56 Å². The number of hydrogen-bond acceptors (Lipinski definition) is 4. The van der Waals surface area contributed by atoms with Crippen LogP contribution >= 0.6 is 0 Å². The molecule has 0 aromatic heterocycles. The van der Waals surface area contributed by atoms with E-state index in [2.05, 4.69) is 16.8 Å². The molecule has 1 fully saturated rings. The minimum atomic E-state index is -0.257. The quantitative estimate of drug-likeness (QED) is 0.757. The number of likely N-dealkylation sites (N-methyl/N-ethyl adjacent to an activating group) is 1. The van der Waals surface area contributed by atoms with Crippen molar-refractivity contribution in [3.63, 3.8) is 0 Å². The first-order chi connectivity index (χ1) is 12.2. The molecule has 25 heavy (non-hydrogen) atoms. The van der Waals surface area contributed by atoms with E-state index < -0.39 is 0 Å². The van der Waals surface area contributed by atoms with Crippen LogP contribution in [0.25, 0.3) is 0 Å². The zero-order chi connectivity index (χ0) is 17.5. The van der Waals surface area contributed by atoms with Crippen LogP contribution in [-0.2, 0) is 4.74 Å². The smallest absolute Gasteiger partial charge is 0.338 e. The molecule has 0 bridgehead atoms. The van der Waals surface area contributed by atoms with Gasteiger partial charge in [-0.25, -0.2) is 4.79 Å². The lowest BCUT2D eigenvalue weighted by atomic mass is 10.1. The van der Waals surface area contributed by atoms with Crippen LogP contribution in [0.3, 0.4) is 0 Å². The molecule has 1 atom stereocenters. The first-order valence-corrected chi connectivity index (χ1v) is 8.94. The Morgan fingerprint density at radius 2 is 1.56 bits per heavy atom. The predicted molar refractivity (Wildman–Crippen MR) is 99.6 cm³/mol. The van der Waals surface area contributed by atoms with Crippen LogP contribution in [0, 0.1) is 0 Å². The molecule has 1 saturated heterocycles. The Balaban J connectivity index is 1.64. The number of carbonyl (C=O) groups is 1. The van der Waals surface area contributed by atoms with E-state index in [-0.39, 0.29) is 12.1 Å². The highest BCUT2D eigenvalue weighted by atomic mass is 16.5. The molecule has 0 amide bonds. The first-order valence-electron chi connectivity index (χ1n) is 8.94. The summed E-state index contributed by atoms with van der Waals surface area (Å²) in [5, 5.41) is 0. The summed E-state index contributed by atoms with van der Waals surface area (Å²) in [4.78, 5) is 17.3. The second-order valence-corrected chi connectivity index (χ2v) is 6.60. The fourth-order valence-corrected chi connectivity index (χ4v) is 3.10. The van der Waals surface area contributed by atoms with Crippen molar-refractivity contribution in [2.45, 2.75) is 12.5 Å². The molecule has 0 aliphatic carbocycles. The normalized spacial score (nSPS) is 17.2. The molecular weight excluding hydrogens is 312 g/mol. The summed E-state index contributed by atoms with van der Waals surface area (Å²) in [7, 11) is 2.16. The van der Waals surface area contributed by atoms with Gasteiger partial charge in [0.15, 0.2) is 0 Å². The molecule has 2 aromatic rings. The largest absolute Gasteiger partial charge is 0.454 e. The van der Waals surface area contributed by atoms with Crippen LogP contribution in [0.15, 0.2) is 60.7 Å². The molecule has 1 heterocycles. The predicted octanol–water partition coefficient (Wildman–Crippen LogP) is 3.22. The van der Waals surface area contributed by atoms with Gasteiger partial charge in [0.1, 0.15) is 6.10 Å². The van der Waals surface area contributed by atoms with Gasteiger partial charge in [0.2, 0.25) is 0 Å². The van der Waals surface area contributed by atoms with Crippen LogP contribution in [0.4, 0.5) is 0 Å². The molecule has 4 heteroatoms. The van der Waals surface area contributed by atoms with Gasteiger partial charge in [0.25, 0.3) is 0 Å². The Kier molecular flexibility index (Phi) is 6.20. The van der Waals surface area contributed by atoms with E-state index in [9.17, 15) is 4.79 Å². The summed E-state index contributed by atoms with van der Waals surface area (Å²) < 4.78 is 5.86. The van der Waals surface area contributed by atoms with Crippen LogP contribution in [0.2, 0.25) is 0 Å². The zero-order valence-electron chi connectivity index (χ0n) is 14.8. The summed E-state index contributed by atoms with van der Waals surface area (Å²) in [6, 6.07) is 19.3. The molecular formula is C21H26N2O2. The van der Waals surface area contributed by atoms with Crippen molar-refractivity contribution < 1.29 is 9.53 Å². The maximum absolute atomic E-state index is 12.5. The molecule has 0 radical (unpaired) electrons. The molecule has 2 aromatic carbocycles. The zero-order valence-corrected chi connectivity index (χ0v) is 14.8. The van der Waals surface area contributed by atoms with Gasteiger partial charge in [0.05, 0.1) is 5.56 Å². The minimum absolute atomic E-state index is 0.214. The van der Waals surface area contributed by atoms with E-state index >= 15 is 0 Å². The number of esters is 1. The summed E-state index contributed by atoms with van der Waals surface area (Å²) >= 11 is 0. The van der Waals surface area contributed by atoms with Crippen molar-refractivity contribution in [3.05, 3.63) is 71.8 Å².